The third-order valence-corrected chi connectivity index (χ3v) is 16.1. The Hall–Kier alpha value is -8.48. The van der Waals surface area contributed by atoms with E-state index in [1.165, 1.54) is 6.92 Å². The minimum absolute atomic E-state index is 0.0326. The van der Waals surface area contributed by atoms with Gasteiger partial charge in [-0.1, -0.05) is 90.8 Å². The SMILES string of the molecule is CC[C@H](C)[C@H](NC(=O)[C@H](C)NC(=O)CNC(=O)CCc1cccc2c1oc1c(CCNC(=O)CNC(=O)[C@@H](NC(=O)[C@H](CC(=O)O)NC(=O)[C@@H](N)CCC(=O)O)C(C)C)cccc12)C(=O)N[C@H](C(=O)NCCOCCOCCOCCOCCOCCOCCOCCOCCC(=O)O)[C@@H](C)CC. The zero-order valence-corrected chi connectivity index (χ0v) is 60.2. The van der Waals surface area contributed by atoms with E-state index < -0.39 is 139 Å². The van der Waals surface area contributed by atoms with Crippen molar-refractivity contribution in [3.8, 4) is 0 Å². The molecule has 34 heteroatoms. The summed E-state index contributed by atoms with van der Waals surface area (Å²) in [7, 11) is 0. The van der Waals surface area contributed by atoms with Crippen LogP contribution in [-0.4, -0.2) is 255 Å². The number of nitrogens with two attached hydrogens (primary N) is 1. The van der Waals surface area contributed by atoms with Gasteiger partial charge >= 0.3 is 17.9 Å². The molecule has 0 bridgehead atoms. The summed E-state index contributed by atoms with van der Waals surface area (Å²) in [5.41, 5.74) is 8.26. The number of furan rings is 1. The molecular weight excluding hydrogens is 1350 g/mol. The van der Waals surface area contributed by atoms with Gasteiger partial charge in [0.1, 0.15) is 41.4 Å². The minimum Gasteiger partial charge on any atom is -0.481 e. The number of carboxylic acids is 3. The van der Waals surface area contributed by atoms with Gasteiger partial charge < -0.3 is 111 Å². The monoisotopic (exact) mass is 1460 g/mol. The van der Waals surface area contributed by atoms with Crippen molar-refractivity contribution in [1.29, 1.82) is 0 Å². The number of benzene rings is 2. The van der Waals surface area contributed by atoms with Gasteiger partial charge in [-0.25, -0.2) is 0 Å². The van der Waals surface area contributed by atoms with Crippen LogP contribution in [0.15, 0.2) is 40.8 Å². The van der Waals surface area contributed by atoms with Gasteiger partial charge in [-0.15, -0.1) is 0 Å². The molecule has 8 atom stereocenters. The van der Waals surface area contributed by atoms with Crippen molar-refractivity contribution in [3.63, 3.8) is 0 Å². The van der Waals surface area contributed by atoms with E-state index in [9.17, 15) is 62.6 Å². The molecule has 2 aromatic carbocycles. The van der Waals surface area contributed by atoms with Crippen LogP contribution in [0.2, 0.25) is 0 Å². The first-order chi connectivity index (χ1) is 49.3. The summed E-state index contributed by atoms with van der Waals surface area (Å²) in [5.74, 6) is -10.8. The molecule has 0 saturated heterocycles. The van der Waals surface area contributed by atoms with E-state index in [1.54, 1.807) is 20.8 Å². The third kappa shape index (κ3) is 36.0. The lowest BCUT2D eigenvalue weighted by Crippen LogP contribution is -2.59. The Morgan fingerprint density at radius 3 is 1.35 bits per heavy atom. The molecule has 3 rings (SSSR count). The Balaban J connectivity index is 1.36. The summed E-state index contributed by atoms with van der Waals surface area (Å²) in [6, 6.07) is 3.67. The highest BCUT2D eigenvalue weighted by molar-refractivity contribution is 6.07. The molecule has 1 aromatic heterocycles. The van der Waals surface area contributed by atoms with Crippen LogP contribution in [0.1, 0.15) is 105 Å². The molecule has 9 amide bonds. The van der Waals surface area contributed by atoms with E-state index >= 15 is 0 Å². The number of hydrogen-bond acceptors (Lipinski definition) is 22. The molecule has 0 aliphatic carbocycles. The maximum atomic E-state index is 13.9. The quantitative estimate of drug-likeness (QED) is 0.0331. The Kier molecular flexibility index (Phi) is 43.8. The van der Waals surface area contributed by atoms with E-state index in [1.807, 2.05) is 57.2 Å². The van der Waals surface area contributed by atoms with Crippen LogP contribution in [0, 0.1) is 17.8 Å². The lowest BCUT2D eigenvalue weighted by atomic mass is 9.94. The summed E-state index contributed by atoms with van der Waals surface area (Å²) < 4.78 is 50.0. The molecule has 0 spiro atoms. The van der Waals surface area contributed by atoms with Crippen molar-refractivity contribution in [2.45, 2.75) is 143 Å². The zero-order valence-electron chi connectivity index (χ0n) is 60.2. The number of ether oxygens (including phenoxy) is 8. The molecule has 34 nitrogen and oxygen atoms in total. The third-order valence-electron chi connectivity index (χ3n) is 16.1. The van der Waals surface area contributed by atoms with Crippen molar-refractivity contribution >= 4 is 93.0 Å². The number of aryl methyl sites for hydroxylation is 1. The Labute approximate surface area is 599 Å². The largest absolute Gasteiger partial charge is 0.481 e. The number of nitrogens with one attached hydrogen (secondary N) is 9. The first-order valence-electron chi connectivity index (χ1n) is 34.8. The Morgan fingerprint density at radius 2 is 0.864 bits per heavy atom. The first-order valence-corrected chi connectivity index (χ1v) is 34.8. The predicted octanol–water partition coefficient (Wildman–Crippen LogP) is -0.00770. The van der Waals surface area contributed by atoms with E-state index in [4.69, 9.17) is 58.3 Å². The van der Waals surface area contributed by atoms with Gasteiger partial charge in [-0.05, 0) is 55.1 Å². The van der Waals surface area contributed by atoms with Gasteiger partial charge in [0.15, 0.2) is 0 Å². The van der Waals surface area contributed by atoms with Crippen molar-refractivity contribution in [3.05, 3.63) is 47.5 Å². The number of hydrogen-bond donors (Lipinski definition) is 13. The van der Waals surface area contributed by atoms with Crippen LogP contribution >= 0.6 is 0 Å². The summed E-state index contributed by atoms with van der Waals surface area (Å²) >= 11 is 0. The van der Waals surface area contributed by atoms with Crippen molar-refractivity contribution in [1.82, 2.24) is 47.9 Å². The van der Waals surface area contributed by atoms with Gasteiger partial charge in [-0.3, -0.25) is 57.5 Å². The number of amides is 9. The lowest BCUT2D eigenvalue weighted by Gasteiger charge is -2.29. The van der Waals surface area contributed by atoms with E-state index in [2.05, 4.69) is 47.9 Å². The number of carbonyl (C=O) groups excluding carboxylic acids is 9. The fourth-order valence-corrected chi connectivity index (χ4v) is 9.82. The normalized spacial score (nSPS) is 13.7. The molecule has 0 aliphatic heterocycles. The molecule has 0 saturated carbocycles. The maximum absolute atomic E-state index is 13.9. The number of aliphatic carboxylic acids is 3. The van der Waals surface area contributed by atoms with E-state index in [0.29, 0.717) is 122 Å². The average molecular weight is 1460 g/mol. The standard InChI is InChI=1S/C69H108N10O24/c1-8-44(5)60(68(93)72-23-25-96-27-29-98-31-33-100-35-37-102-39-38-101-36-34-99-32-30-97-28-26-95-24-21-57(85)86)79-69(94)61(45(6)9-2)78-64(89)46(7)75-55(82)42-73-53(80)18-16-47-12-10-14-49-50-15-11-13-48(63(50)103-62(47)49)20-22-71-54(81)41-74-67(92)59(43(3)4)77-66(91)52(40-58(87)88)76-65(90)51(70)17-19-56(83)84/h10-15,43-46,51-52,59-61H,8-9,16-42,70H2,1-7H3,(H,71,81)(H,72,93)(H,73,80)(H,74,92)(H,75,82)(H,76,90)(H,77,91)(H,78,89)(H,79,94)(H,83,84)(H,85,86)(H,87,88)/t44-,45-,46-,51-,52-,59-,60-,61-/m0/s1. The maximum Gasteiger partial charge on any atom is 0.305 e. The zero-order chi connectivity index (χ0) is 76.1. The van der Waals surface area contributed by atoms with Gasteiger partial charge in [0.05, 0.1) is 138 Å². The number of carbonyl (C=O) groups is 12. The molecule has 0 aliphatic rings. The molecule has 103 heavy (non-hydrogen) atoms. The van der Waals surface area contributed by atoms with Gasteiger partial charge in [-0.2, -0.15) is 0 Å². The summed E-state index contributed by atoms with van der Waals surface area (Å²) in [6.07, 6.45) is -0.0768. The van der Waals surface area contributed by atoms with Crippen molar-refractivity contribution in [2.24, 2.45) is 23.5 Å². The second kappa shape index (κ2) is 50.8. The molecule has 14 N–H and O–H groups in total. The second-order valence-electron chi connectivity index (χ2n) is 24.6. The van der Waals surface area contributed by atoms with Gasteiger partial charge in [0, 0.05) is 36.7 Å². The molecule has 0 unspecified atom stereocenters. The molecule has 0 fully saturated rings. The summed E-state index contributed by atoms with van der Waals surface area (Å²) in [6.45, 7) is 16.8. The highest BCUT2D eigenvalue weighted by Crippen LogP contribution is 2.33. The molecule has 0 radical (unpaired) electrons. The fourth-order valence-electron chi connectivity index (χ4n) is 9.82. The number of rotatable bonds is 58. The summed E-state index contributed by atoms with van der Waals surface area (Å²) in [4.78, 5) is 152. The van der Waals surface area contributed by atoms with Gasteiger partial charge in [0.25, 0.3) is 0 Å². The number of fused-ring (bicyclic) bond motifs is 3. The molecule has 1 heterocycles. The topological polar surface area (TPSA) is 487 Å². The van der Waals surface area contributed by atoms with Crippen molar-refractivity contribution in [2.75, 3.05) is 132 Å². The molecular formula is C69H108N10O24. The smallest absolute Gasteiger partial charge is 0.305 e. The van der Waals surface area contributed by atoms with Crippen LogP contribution < -0.4 is 53.6 Å². The van der Waals surface area contributed by atoms with Gasteiger partial charge in [0.2, 0.25) is 53.2 Å². The van der Waals surface area contributed by atoms with E-state index in [-0.39, 0.29) is 70.4 Å². The molecule has 3 aromatic rings. The van der Waals surface area contributed by atoms with Crippen LogP contribution in [0.5, 0.6) is 0 Å². The van der Waals surface area contributed by atoms with Crippen LogP contribution in [0.25, 0.3) is 21.9 Å². The van der Waals surface area contributed by atoms with E-state index in [0.717, 1.165) is 16.3 Å². The minimum atomic E-state index is -1.65. The van der Waals surface area contributed by atoms with Crippen LogP contribution in [0.3, 0.4) is 0 Å². The summed E-state index contributed by atoms with van der Waals surface area (Å²) in [5, 5.41) is 51.8. The van der Waals surface area contributed by atoms with Crippen molar-refractivity contribution < 1.29 is 115 Å². The highest BCUT2D eigenvalue weighted by atomic mass is 16.6. The Morgan fingerprint density at radius 1 is 0.417 bits per heavy atom. The Bertz CT molecular complexity index is 3150. The molecule has 578 valence electrons. The fraction of sp³-hybridized carbons (Fsp3) is 0.652. The lowest BCUT2D eigenvalue weighted by molar-refractivity contribution is -0.141. The predicted molar refractivity (Wildman–Crippen MR) is 373 cm³/mol. The van der Waals surface area contributed by atoms with Crippen LogP contribution in [-0.2, 0) is 108 Å². The first kappa shape index (κ1) is 88.7. The average Bonchev–Trinajstić information content (AvgIpc) is 1.62. The van der Waals surface area contributed by atoms with Crippen LogP contribution in [0.4, 0.5) is 0 Å². The number of para-hydroxylation sites is 2. The second-order valence-corrected chi connectivity index (χ2v) is 24.6. The number of carboxylic acid groups (broad SMARTS) is 3. The highest BCUT2D eigenvalue weighted by Gasteiger charge is 2.35.